The van der Waals surface area contributed by atoms with Crippen LogP contribution in [0.25, 0.3) is 0 Å². The van der Waals surface area contributed by atoms with Gasteiger partial charge in [0.1, 0.15) is 0 Å². The van der Waals surface area contributed by atoms with Crippen LogP contribution in [0.1, 0.15) is 22.6 Å². The molecule has 14 heavy (non-hydrogen) atoms. The van der Waals surface area contributed by atoms with Gasteiger partial charge in [0.15, 0.2) is 0 Å². The Morgan fingerprint density at radius 1 is 1.57 bits per heavy atom. The van der Waals surface area contributed by atoms with Crippen LogP contribution in [0.5, 0.6) is 0 Å². The van der Waals surface area contributed by atoms with Gasteiger partial charge in [-0.1, -0.05) is 0 Å². The van der Waals surface area contributed by atoms with Gasteiger partial charge in [0.05, 0.1) is 6.54 Å². The Morgan fingerprint density at radius 2 is 2.36 bits per heavy atom. The second-order valence-corrected chi connectivity index (χ2v) is 4.83. The maximum Gasteiger partial charge on any atom is 0.220 e. The van der Waals surface area contributed by atoms with Crippen LogP contribution in [0.4, 0.5) is 0 Å². The van der Waals surface area contributed by atoms with Gasteiger partial charge < -0.3 is 5.32 Å². The molecule has 0 aromatic carbocycles. The molecule has 2 nitrogen and oxygen atoms in total. The number of hydrogen-bond acceptors (Lipinski definition) is 2. The molecule has 1 aromatic heterocycles. The third-order valence-corrected chi connectivity index (χ3v) is 3.06. The largest absolute Gasteiger partial charge is 0.351 e. The predicted octanol–water partition coefficient (Wildman–Crippen LogP) is 2.69. The zero-order chi connectivity index (χ0) is 10.4. The number of thiophene rings is 1. The molecule has 1 rings (SSSR count). The number of halogens is 1. The quantitative estimate of drug-likeness (QED) is 0.776. The number of carbonyl (C=O) groups is 1. The number of alkyl halides is 1. The van der Waals surface area contributed by atoms with Gasteiger partial charge in [0.2, 0.25) is 5.91 Å². The Balaban J connectivity index is 2.23. The number of rotatable bonds is 5. The van der Waals surface area contributed by atoms with E-state index >= 15 is 0 Å². The zero-order valence-electron chi connectivity index (χ0n) is 8.18. The van der Waals surface area contributed by atoms with Crippen LogP contribution in [-0.2, 0) is 11.3 Å². The fourth-order valence-corrected chi connectivity index (χ4v) is 2.05. The first kappa shape index (κ1) is 11.5. The minimum absolute atomic E-state index is 0.0803. The van der Waals surface area contributed by atoms with E-state index in [-0.39, 0.29) is 5.91 Å². The molecule has 0 saturated carbocycles. The summed E-state index contributed by atoms with van der Waals surface area (Å²) in [4.78, 5) is 13.7. The molecule has 1 amide bonds. The van der Waals surface area contributed by atoms with Crippen LogP contribution in [0.2, 0.25) is 0 Å². The summed E-state index contributed by atoms with van der Waals surface area (Å²) in [7, 11) is 0. The van der Waals surface area contributed by atoms with E-state index < -0.39 is 0 Å². The number of amides is 1. The van der Waals surface area contributed by atoms with Crippen molar-refractivity contribution in [1.29, 1.82) is 0 Å². The van der Waals surface area contributed by atoms with Gasteiger partial charge in [-0.3, -0.25) is 4.79 Å². The van der Waals surface area contributed by atoms with Gasteiger partial charge in [-0.2, -0.15) is 0 Å². The van der Waals surface area contributed by atoms with Crippen LogP contribution in [0.3, 0.4) is 0 Å². The Hall–Kier alpha value is -0.540. The molecule has 0 saturated heterocycles. The molecule has 0 fully saturated rings. The lowest BCUT2D eigenvalue weighted by atomic mass is 10.3. The van der Waals surface area contributed by atoms with Gasteiger partial charge in [0.25, 0.3) is 0 Å². The highest BCUT2D eigenvalue weighted by Gasteiger charge is 2.01. The minimum Gasteiger partial charge on any atom is -0.351 e. The lowest BCUT2D eigenvalue weighted by molar-refractivity contribution is -0.121. The van der Waals surface area contributed by atoms with E-state index in [9.17, 15) is 4.79 Å². The van der Waals surface area contributed by atoms with Gasteiger partial charge in [0, 0.05) is 22.1 Å². The summed E-state index contributed by atoms with van der Waals surface area (Å²) in [6, 6.07) is 4.10. The highest BCUT2D eigenvalue weighted by molar-refractivity contribution is 7.11. The van der Waals surface area contributed by atoms with Gasteiger partial charge in [-0.05, 0) is 25.5 Å². The van der Waals surface area contributed by atoms with E-state index in [4.69, 9.17) is 11.6 Å². The van der Waals surface area contributed by atoms with Crippen molar-refractivity contribution in [3.05, 3.63) is 21.9 Å². The molecule has 0 aliphatic heterocycles. The molecular weight excluding hydrogens is 218 g/mol. The highest BCUT2D eigenvalue weighted by Crippen LogP contribution is 2.14. The zero-order valence-corrected chi connectivity index (χ0v) is 9.75. The van der Waals surface area contributed by atoms with E-state index in [2.05, 4.69) is 18.3 Å². The topological polar surface area (TPSA) is 29.1 Å². The first-order valence-corrected chi connectivity index (χ1v) is 5.95. The lowest BCUT2D eigenvalue weighted by Gasteiger charge is -2.01. The number of hydrogen-bond donors (Lipinski definition) is 1. The molecule has 1 aromatic rings. The fraction of sp³-hybridized carbons (Fsp3) is 0.500. The second kappa shape index (κ2) is 6.04. The maximum atomic E-state index is 11.2. The summed E-state index contributed by atoms with van der Waals surface area (Å²) < 4.78 is 0. The Bertz CT molecular complexity index is 298. The van der Waals surface area contributed by atoms with E-state index in [0.29, 0.717) is 18.8 Å². The van der Waals surface area contributed by atoms with E-state index in [0.717, 1.165) is 6.42 Å². The van der Waals surface area contributed by atoms with Crippen molar-refractivity contribution in [3.8, 4) is 0 Å². The van der Waals surface area contributed by atoms with Crippen molar-refractivity contribution < 1.29 is 4.79 Å². The first-order valence-electron chi connectivity index (χ1n) is 4.60. The molecule has 0 aliphatic carbocycles. The van der Waals surface area contributed by atoms with Crippen LogP contribution >= 0.6 is 22.9 Å². The molecule has 0 atom stereocenters. The molecule has 0 unspecified atom stereocenters. The van der Waals surface area contributed by atoms with Crippen molar-refractivity contribution >= 4 is 28.8 Å². The van der Waals surface area contributed by atoms with Crippen molar-refractivity contribution in [2.24, 2.45) is 0 Å². The summed E-state index contributed by atoms with van der Waals surface area (Å²) in [5.74, 6) is 0.627. The molecule has 1 heterocycles. The third-order valence-electron chi connectivity index (χ3n) is 1.79. The Morgan fingerprint density at radius 3 is 2.93 bits per heavy atom. The molecule has 0 bridgehead atoms. The minimum atomic E-state index is 0.0803. The van der Waals surface area contributed by atoms with Crippen LogP contribution in [0, 0.1) is 6.92 Å². The Kier molecular flexibility index (Phi) is 4.98. The van der Waals surface area contributed by atoms with E-state index in [1.807, 2.05) is 6.07 Å². The number of carbonyl (C=O) groups excluding carboxylic acids is 1. The average molecular weight is 232 g/mol. The van der Waals surface area contributed by atoms with Crippen molar-refractivity contribution in [2.75, 3.05) is 5.88 Å². The normalized spacial score (nSPS) is 10.1. The summed E-state index contributed by atoms with van der Waals surface area (Å²) in [6.45, 7) is 2.70. The van der Waals surface area contributed by atoms with Gasteiger partial charge in [-0.25, -0.2) is 0 Å². The van der Waals surface area contributed by atoms with Crippen molar-refractivity contribution in [3.63, 3.8) is 0 Å². The van der Waals surface area contributed by atoms with E-state index in [1.54, 1.807) is 11.3 Å². The number of nitrogens with one attached hydrogen (secondary N) is 1. The summed E-state index contributed by atoms with van der Waals surface area (Å²) in [5.41, 5.74) is 0. The van der Waals surface area contributed by atoms with Crippen molar-refractivity contribution in [1.82, 2.24) is 5.32 Å². The summed E-state index contributed by atoms with van der Waals surface area (Å²) in [5, 5.41) is 2.86. The third kappa shape index (κ3) is 4.11. The standard InChI is InChI=1S/C10H14ClNOS/c1-8-4-5-9(14-8)7-12-10(13)3-2-6-11/h4-5H,2-3,6-7H2,1H3,(H,12,13). The maximum absolute atomic E-state index is 11.2. The summed E-state index contributed by atoms with van der Waals surface area (Å²) in [6.07, 6.45) is 1.27. The Labute approximate surface area is 93.3 Å². The highest BCUT2D eigenvalue weighted by atomic mass is 35.5. The summed E-state index contributed by atoms with van der Waals surface area (Å²) >= 11 is 7.20. The van der Waals surface area contributed by atoms with Gasteiger partial charge >= 0.3 is 0 Å². The SMILES string of the molecule is Cc1ccc(CNC(=O)CCCCl)s1. The molecule has 4 heteroatoms. The smallest absolute Gasteiger partial charge is 0.220 e. The molecule has 78 valence electrons. The average Bonchev–Trinajstić information content (AvgIpc) is 2.58. The predicted molar refractivity (Wildman–Crippen MR) is 60.9 cm³/mol. The fourth-order valence-electron chi connectivity index (χ4n) is 1.08. The second-order valence-electron chi connectivity index (χ2n) is 3.08. The molecule has 0 spiro atoms. The monoisotopic (exact) mass is 231 g/mol. The molecular formula is C10H14ClNOS. The molecule has 0 radical (unpaired) electrons. The molecule has 1 N–H and O–H groups in total. The lowest BCUT2D eigenvalue weighted by Crippen LogP contribution is -2.21. The van der Waals surface area contributed by atoms with Crippen LogP contribution in [0.15, 0.2) is 12.1 Å². The van der Waals surface area contributed by atoms with E-state index in [1.165, 1.54) is 9.75 Å². The van der Waals surface area contributed by atoms with Crippen LogP contribution < -0.4 is 5.32 Å². The van der Waals surface area contributed by atoms with Crippen molar-refractivity contribution in [2.45, 2.75) is 26.3 Å². The molecule has 0 aliphatic rings. The van der Waals surface area contributed by atoms with Gasteiger partial charge in [-0.15, -0.1) is 22.9 Å². The van der Waals surface area contributed by atoms with Crippen LogP contribution in [-0.4, -0.2) is 11.8 Å². The first-order chi connectivity index (χ1) is 6.72. The number of aryl methyl sites for hydroxylation is 1.